The Morgan fingerprint density at radius 3 is 2.64 bits per heavy atom. The van der Waals surface area contributed by atoms with Crippen LogP contribution in [0, 0.1) is 0 Å². The molecular formula is C26H33N5O4S. The maximum absolute atomic E-state index is 13.7. The van der Waals surface area contributed by atoms with Gasteiger partial charge in [0.2, 0.25) is 21.8 Å². The highest BCUT2D eigenvalue weighted by Gasteiger charge is 2.33. The summed E-state index contributed by atoms with van der Waals surface area (Å²) in [6, 6.07) is 12.0. The van der Waals surface area contributed by atoms with E-state index < -0.39 is 27.5 Å². The summed E-state index contributed by atoms with van der Waals surface area (Å²) >= 11 is 0. The van der Waals surface area contributed by atoms with Crippen LogP contribution in [0.15, 0.2) is 53.6 Å². The molecule has 1 aliphatic rings. The number of fused-ring (bicyclic) bond motifs is 2. The number of rotatable bonds is 8. The normalized spacial score (nSPS) is 14.9. The van der Waals surface area contributed by atoms with Crippen molar-refractivity contribution in [1.29, 1.82) is 0 Å². The Kier molecular flexibility index (Phi) is 7.21. The number of carbonyl (C=O) groups excluding carboxylic acids is 2. The van der Waals surface area contributed by atoms with Crippen LogP contribution in [0.1, 0.15) is 37.5 Å². The average molecular weight is 512 g/mol. The monoisotopic (exact) mass is 511 g/mol. The predicted octanol–water partition coefficient (Wildman–Crippen LogP) is 1.82. The summed E-state index contributed by atoms with van der Waals surface area (Å²) in [5, 5.41) is 3.84. The second kappa shape index (κ2) is 10.0. The van der Waals surface area contributed by atoms with Crippen molar-refractivity contribution in [2.45, 2.75) is 56.6 Å². The molecule has 1 aromatic heterocycles. The molecule has 192 valence electrons. The molecule has 0 aliphatic carbocycles. The maximum Gasteiger partial charge on any atom is 0.245 e. The van der Waals surface area contributed by atoms with Crippen LogP contribution in [0.5, 0.6) is 0 Å². The zero-order chi connectivity index (χ0) is 26.1. The Labute approximate surface area is 211 Å². The number of amides is 2. The van der Waals surface area contributed by atoms with Crippen LogP contribution >= 0.6 is 0 Å². The van der Waals surface area contributed by atoms with Gasteiger partial charge >= 0.3 is 0 Å². The van der Waals surface area contributed by atoms with Gasteiger partial charge < -0.3 is 20.9 Å². The van der Waals surface area contributed by atoms with E-state index in [1.807, 2.05) is 36.5 Å². The van der Waals surface area contributed by atoms with Crippen LogP contribution in [-0.2, 0) is 39.0 Å². The van der Waals surface area contributed by atoms with Crippen LogP contribution in [0.25, 0.3) is 10.9 Å². The van der Waals surface area contributed by atoms with E-state index in [2.05, 4.69) is 15.0 Å². The highest BCUT2D eigenvalue weighted by Crippen LogP contribution is 2.25. The number of nitrogens with two attached hydrogens (primary N) is 1. The molecule has 9 nitrogen and oxygen atoms in total. The third kappa shape index (κ3) is 5.45. The van der Waals surface area contributed by atoms with Crippen LogP contribution in [0.3, 0.4) is 0 Å². The summed E-state index contributed by atoms with van der Waals surface area (Å²) in [7, 11) is -3.61. The van der Waals surface area contributed by atoms with Crippen molar-refractivity contribution in [3.05, 3.63) is 65.4 Å². The van der Waals surface area contributed by atoms with E-state index in [0.717, 1.165) is 27.6 Å². The smallest absolute Gasteiger partial charge is 0.245 e. The van der Waals surface area contributed by atoms with Crippen LogP contribution in [-0.4, -0.2) is 54.8 Å². The molecule has 0 saturated heterocycles. The first-order valence-corrected chi connectivity index (χ1v) is 13.5. The van der Waals surface area contributed by atoms with Crippen molar-refractivity contribution in [3.63, 3.8) is 0 Å². The first-order chi connectivity index (χ1) is 17.0. The number of nitrogens with zero attached hydrogens (tertiary/aromatic N) is 1. The molecule has 0 unspecified atom stereocenters. The Morgan fingerprint density at radius 2 is 1.92 bits per heavy atom. The standard InChI is InChI=1S/C26H33N5O4S/c1-4-29-36(34,35)20-10-9-17-11-12-31(16-19(17)13-20)24(32)23(30-25(33)26(2,3)27)14-18-15-28-22-8-6-5-7-21(18)22/h5-10,13,15,23,28-29H,4,11-12,14,16,27H2,1-3H3,(H,30,33)/t23-/m1/s1. The Morgan fingerprint density at radius 1 is 1.17 bits per heavy atom. The van der Waals surface area contributed by atoms with Crippen LogP contribution in [0.2, 0.25) is 0 Å². The number of nitrogens with one attached hydrogen (secondary N) is 3. The van der Waals surface area contributed by atoms with Gasteiger partial charge in [0.1, 0.15) is 6.04 Å². The minimum Gasteiger partial charge on any atom is -0.361 e. The Hall–Kier alpha value is -3.21. The van der Waals surface area contributed by atoms with Crippen LogP contribution in [0.4, 0.5) is 0 Å². The molecule has 0 radical (unpaired) electrons. The lowest BCUT2D eigenvalue weighted by atomic mass is 9.97. The second-order valence-electron chi connectivity index (χ2n) is 9.75. The molecule has 2 amide bonds. The van der Waals surface area contributed by atoms with Gasteiger partial charge in [-0.2, -0.15) is 0 Å². The quantitative estimate of drug-likeness (QED) is 0.366. The second-order valence-corrected chi connectivity index (χ2v) is 11.5. The zero-order valence-electron chi connectivity index (χ0n) is 20.8. The molecule has 4 rings (SSSR count). The van der Waals surface area contributed by atoms with Crippen molar-refractivity contribution in [1.82, 2.24) is 19.9 Å². The average Bonchev–Trinajstić information content (AvgIpc) is 3.24. The van der Waals surface area contributed by atoms with Crippen LogP contribution < -0.4 is 15.8 Å². The molecule has 1 aliphatic heterocycles. The summed E-state index contributed by atoms with van der Waals surface area (Å²) < 4.78 is 27.5. The van der Waals surface area contributed by atoms with E-state index in [-0.39, 0.29) is 23.9 Å². The van der Waals surface area contributed by atoms with Crippen molar-refractivity contribution in [2.24, 2.45) is 5.73 Å². The summed E-state index contributed by atoms with van der Waals surface area (Å²) in [4.78, 5) is 31.6. The molecule has 0 fully saturated rings. The third-order valence-electron chi connectivity index (χ3n) is 6.43. The van der Waals surface area contributed by atoms with Gasteiger partial charge in [0.25, 0.3) is 0 Å². The Bertz CT molecular complexity index is 1390. The molecule has 36 heavy (non-hydrogen) atoms. The summed E-state index contributed by atoms with van der Waals surface area (Å²) in [5.74, 6) is -0.652. The van der Waals surface area contributed by atoms with E-state index in [1.54, 1.807) is 37.8 Å². The molecule has 0 saturated carbocycles. The number of H-pyrrole nitrogens is 1. The lowest BCUT2D eigenvalue weighted by molar-refractivity contribution is -0.138. The fourth-order valence-corrected chi connectivity index (χ4v) is 5.54. The molecule has 0 bridgehead atoms. The number of hydrogen-bond donors (Lipinski definition) is 4. The Balaban J connectivity index is 1.61. The maximum atomic E-state index is 13.7. The van der Waals surface area contributed by atoms with Gasteiger partial charge in [-0.1, -0.05) is 31.2 Å². The minimum absolute atomic E-state index is 0.172. The highest BCUT2D eigenvalue weighted by atomic mass is 32.2. The van der Waals surface area contributed by atoms with Crippen molar-refractivity contribution < 1.29 is 18.0 Å². The summed E-state index contributed by atoms with van der Waals surface area (Å²) in [5.41, 5.74) is 8.51. The van der Waals surface area contributed by atoms with Gasteiger partial charge in [0, 0.05) is 43.2 Å². The van der Waals surface area contributed by atoms with Gasteiger partial charge in [-0.05, 0) is 55.2 Å². The van der Waals surface area contributed by atoms with Gasteiger partial charge in [0.05, 0.1) is 10.4 Å². The SMILES string of the molecule is CCNS(=O)(=O)c1ccc2c(c1)CN(C(=O)[C@@H](Cc1c[nH]c3ccccc13)NC(=O)C(C)(C)N)CC2. The number of benzene rings is 2. The highest BCUT2D eigenvalue weighted by molar-refractivity contribution is 7.89. The van der Waals surface area contributed by atoms with Gasteiger partial charge in [0.15, 0.2) is 0 Å². The number of aromatic nitrogens is 1. The zero-order valence-corrected chi connectivity index (χ0v) is 21.6. The third-order valence-corrected chi connectivity index (χ3v) is 7.98. The molecule has 1 atom stereocenters. The van der Waals surface area contributed by atoms with Gasteiger partial charge in [-0.25, -0.2) is 13.1 Å². The number of carbonyl (C=O) groups is 2. The fraction of sp³-hybridized carbons (Fsp3) is 0.385. The first-order valence-electron chi connectivity index (χ1n) is 12.0. The van der Waals surface area contributed by atoms with Crippen molar-refractivity contribution in [3.8, 4) is 0 Å². The number of aromatic amines is 1. The summed E-state index contributed by atoms with van der Waals surface area (Å²) in [6.07, 6.45) is 2.75. The fourth-order valence-electron chi connectivity index (χ4n) is 4.45. The largest absolute Gasteiger partial charge is 0.361 e. The lowest BCUT2D eigenvalue weighted by Crippen LogP contribution is -2.57. The molecule has 2 aromatic carbocycles. The minimum atomic E-state index is -3.61. The molecule has 0 spiro atoms. The van der Waals surface area contributed by atoms with Gasteiger partial charge in [-0.15, -0.1) is 0 Å². The van der Waals surface area contributed by atoms with E-state index >= 15 is 0 Å². The first kappa shape index (κ1) is 25.9. The van der Waals surface area contributed by atoms with Crippen molar-refractivity contribution >= 4 is 32.7 Å². The number of hydrogen-bond acceptors (Lipinski definition) is 5. The number of para-hydroxylation sites is 1. The predicted molar refractivity (Wildman–Crippen MR) is 139 cm³/mol. The van der Waals surface area contributed by atoms with Crippen molar-refractivity contribution in [2.75, 3.05) is 13.1 Å². The summed E-state index contributed by atoms with van der Waals surface area (Å²) in [6.45, 7) is 5.93. The van der Waals surface area contributed by atoms with Gasteiger partial charge in [-0.3, -0.25) is 9.59 Å². The van der Waals surface area contributed by atoms with E-state index in [4.69, 9.17) is 5.73 Å². The topological polar surface area (TPSA) is 137 Å². The van der Waals surface area contributed by atoms with E-state index in [9.17, 15) is 18.0 Å². The molecule has 3 aromatic rings. The van der Waals surface area contributed by atoms with E-state index in [0.29, 0.717) is 19.4 Å². The molecular weight excluding hydrogens is 478 g/mol. The molecule has 10 heteroatoms. The number of sulfonamides is 1. The molecule has 2 heterocycles. The molecule has 5 N–H and O–H groups in total. The van der Waals surface area contributed by atoms with E-state index in [1.165, 1.54) is 0 Å². The lowest BCUT2D eigenvalue weighted by Gasteiger charge is -2.33.